The lowest BCUT2D eigenvalue weighted by Gasteiger charge is -2.32. The molecule has 0 spiro atoms. The molecule has 2 atom stereocenters. The van der Waals surface area contributed by atoms with E-state index in [-0.39, 0.29) is 5.91 Å². The Morgan fingerprint density at radius 3 is 2.60 bits per heavy atom. The molecule has 2 aliphatic carbocycles. The molecule has 2 unspecified atom stereocenters. The SMILES string of the molecule is CN1CCN(C(=O)c2ccc(Nc3ncc(C#CC4CC4)c(NC4CCCC4CN)n3)cc2)CC1. The van der Waals surface area contributed by atoms with E-state index in [1.54, 1.807) is 6.20 Å². The van der Waals surface area contributed by atoms with Crippen molar-refractivity contribution in [1.29, 1.82) is 0 Å². The van der Waals surface area contributed by atoms with Crippen molar-refractivity contribution in [2.75, 3.05) is 50.4 Å². The van der Waals surface area contributed by atoms with Crippen molar-refractivity contribution in [3.05, 3.63) is 41.6 Å². The lowest BCUT2D eigenvalue weighted by molar-refractivity contribution is 0.0664. The first-order chi connectivity index (χ1) is 17.1. The summed E-state index contributed by atoms with van der Waals surface area (Å²) >= 11 is 0. The third-order valence-corrected chi connectivity index (χ3v) is 7.24. The minimum absolute atomic E-state index is 0.0806. The van der Waals surface area contributed by atoms with E-state index < -0.39 is 0 Å². The van der Waals surface area contributed by atoms with Gasteiger partial charge in [-0.15, -0.1) is 0 Å². The van der Waals surface area contributed by atoms with Gasteiger partial charge in [0.25, 0.3) is 5.91 Å². The first kappa shape index (κ1) is 23.6. The monoisotopic (exact) mass is 473 g/mol. The van der Waals surface area contributed by atoms with E-state index in [0.717, 1.165) is 56.1 Å². The lowest BCUT2D eigenvalue weighted by Crippen LogP contribution is -2.47. The Bertz CT molecular complexity index is 1090. The van der Waals surface area contributed by atoms with E-state index in [4.69, 9.17) is 10.7 Å². The molecule has 0 radical (unpaired) electrons. The highest BCUT2D eigenvalue weighted by molar-refractivity contribution is 5.94. The van der Waals surface area contributed by atoms with Gasteiger partial charge in [0.15, 0.2) is 0 Å². The Morgan fingerprint density at radius 2 is 1.89 bits per heavy atom. The van der Waals surface area contributed by atoms with Gasteiger partial charge < -0.3 is 26.2 Å². The summed E-state index contributed by atoms with van der Waals surface area (Å²) in [5.41, 5.74) is 8.37. The number of benzene rings is 1. The molecule has 0 bridgehead atoms. The maximum absolute atomic E-state index is 12.8. The molecule has 35 heavy (non-hydrogen) atoms. The van der Waals surface area contributed by atoms with E-state index in [1.807, 2.05) is 29.2 Å². The van der Waals surface area contributed by atoms with Crippen LogP contribution in [0.2, 0.25) is 0 Å². The topological polar surface area (TPSA) is 99.4 Å². The summed E-state index contributed by atoms with van der Waals surface area (Å²) in [5, 5.41) is 6.90. The fourth-order valence-electron chi connectivity index (χ4n) is 4.75. The molecule has 8 heteroatoms. The van der Waals surface area contributed by atoms with Gasteiger partial charge in [0, 0.05) is 49.4 Å². The van der Waals surface area contributed by atoms with Crippen molar-refractivity contribution >= 4 is 23.4 Å². The maximum atomic E-state index is 12.8. The number of rotatable bonds is 6. The highest BCUT2D eigenvalue weighted by atomic mass is 16.2. The van der Waals surface area contributed by atoms with Crippen LogP contribution in [0, 0.1) is 23.7 Å². The van der Waals surface area contributed by atoms with Crippen LogP contribution in [0.15, 0.2) is 30.5 Å². The molecule has 4 N–H and O–H groups in total. The summed E-state index contributed by atoms with van der Waals surface area (Å²) < 4.78 is 0. The summed E-state index contributed by atoms with van der Waals surface area (Å²) in [5.74, 6) is 8.93. The zero-order valence-electron chi connectivity index (χ0n) is 20.5. The number of aromatic nitrogens is 2. The van der Waals surface area contributed by atoms with Crippen LogP contribution in [-0.4, -0.2) is 71.5 Å². The zero-order valence-corrected chi connectivity index (χ0v) is 20.5. The Labute approximate surface area is 207 Å². The van der Waals surface area contributed by atoms with E-state index in [2.05, 4.69) is 39.4 Å². The van der Waals surface area contributed by atoms with Crippen molar-refractivity contribution in [2.45, 2.75) is 38.1 Å². The van der Waals surface area contributed by atoms with Gasteiger partial charge >= 0.3 is 0 Å². The third-order valence-electron chi connectivity index (χ3n) is 7.24. The largest absolute Gasteiger partial charge is 0.366 e. The molecule has 2 heterocycles. The van der Waals surface area contributed by atoms with Crippen molar-refractivity contribution < 1.29 is 4.79 Å². The summed E-state index contributed by atoms with van der Waals surface area (Å²) in [6.07, 6.45) is 7.57. The molecular weight excluding hydrogens is 438 g/mol. The van der Waals surface area contributed by atoms with Gasteiger partial charge in [-0.1, -0.05) is 18.3 Å². The second-order valence-corrected chi connectivity index (χ2v) is 9.97. The number of nitrogens with zero attached hydrogens (tertiary/aromatic N) is 4. The maximum Gasteiger partial charge on any atom is 0.253 e. The average Bonchev–Trinajstić information content (AvgIpc) is 3.60. The predicted molar refractivity (Wildman–Crippen MR) is 139 cm³/mol. The van der Waals surface area contributed by atoms with Crippen LogP contribution in [0.5, 0.6) is 0 Å². The molecule has 5 rings (SSSR count). The molecule has 3 fully saturated rings. The second kappa shape index (κ2) is 10.6. The molecule has 3 aliphatic rings. The summed E-state index contributed by atoms with van der Waals surface area (Å²) in [7, 11) is 2.09. The van der Waals surface area contributed by atoms with Gasteiger partial charge in [0.05, 0.1) is 11.8 Å². The van der Waals surface area contributed by atoms with Crippen molar-refractivity contribution in [1.82, 2.24) is 19.8 Å². The van der Waals surface area contributed by atoms with Crippen molar-refractivity contribution in [3.8, 4) is 11.8 Å². The highest BCUT2D eigenvalue weighted by Gasteiger charge is 2.27. The number of carbonyl (C=O) groups is 1. The number of hydrogen-bond donors (Lipinski definition) is 3. The third kappa shape index (κ3) is 5.92. The molecule has 1 aliphatic heterocycles. The molecule has 1 aromatic carbocycles. The Hall–Kier alpha value is -3.15. The van der Waals surface area contributed by atoms with Crippen LogP contribution in [0.25, 0.3) is 0 Å². The molecule has 2 aromatic rings. The van der Waals surface area contributed by atoms with Crippen LogP contribution in [0.4, 0.5) is 17.5 Å². The van der Waals surface area contributed by atoms with Gasteiger partial charge in [-0.25, -0.2) is 4.98 Å². The van der Waals surface area contributed by atoms with Crippen molar-refractivity contribution in [2.24, 2.45) is 17.6 Å². The first-order valence-corrected chi connectivity index (χ1v) is 12.8. The predicted octanol–water partition coefficient (Wildman–Crippen LogP) is 2.91. The summed E-state index contributed by atoms with van der Waals surface area (Å²) in [6.45, 7) is 4.03. The number of amides is 1. The highest BCUT2D eigenvalue weighted by Crippen LogP contribution is 2.30. The average molecular weight is 474 g/mol. The lowest BCUT2D eigenvalue weighted by atomic mass is 10.0. The van der Waals surface area contributed by atoms with E-state index in [1.165, 1.54) is 19.3 Å². The molecule has 8 nitrogen and oxygen atoms in total. The number of anilines is 3. The van der Waals surface area contributed by atoms with Gasteiger partial charge in [0.2, 0.25) is 5.95 Å². The number of piperazine rings is 1. The zero-order chi connectivity index (χ0) is 24.2. The van der Waals surface area contributed by atoms with Gasteiger partial charge in [-0.05, 0) is 69.5 Å². The Morgan fingerprint density at radius 1 is 1.11 bits per heavy atom. The normalized spacial score (nSPS) is 22.4. The number of nitrogens with two attached hydrogens (primary N) is 1. The van der Waals surface area contributed by atoms with Gasteiger partial charge in [-0.2, -0.15) is 4.98 Å². The van der Waals surface area contributed by atoms with Crippen LogP contribution in [0.1, 0.15) is 48.0 Å². The van der Waals surface area contributed by atoms with E-state index in [0.29, 0.717) is 35.9 Å². The van der Waals surface area contributed by atoms with Crippen molar-refractivity contribution in [3.63, 3.8) is 0 Å². The number of likely N-dealkylation sites (N-methyl/N-ethyl adjacent to an activating group) is 1. The fourth-order valence-corrected chi connectivity index (χ4v) is 4.75. The minimum Gasteiger partial charge on any atom is -0.366 e. The fraction of sp³-hybridized carbons (Fsp3) is 0.519. The smallest absolute Gasteiger partial charge is 0.253 e. The van der Waals surface area contributed by atoms with Crippen LogP contribution in [0.3, 0.4) is 0 Å². The molecular formula is C27H35N7O. The number of hydrogen-bond acceptors (Lipinski definition) is 7. The summed E-state index contributed by atoms with van der Waals surface area (Å²) in [6, 6.07) is 7.85. The quantitative estimate of drug-likeness (QED) is 0.555. The second-order valence-electron chi connectivity index (χ2n) is 9.97. The number of nitrogens with one attached hydrogen (secondary N) is 2. The van der Waals surface area contributed by atoms with Gasteiger partial charge in [0.1, 0.15) is 5.82 Å². The van der Waals surface area contributed by atoms with Gasteiger partial charge in [-0.3, -0.25) is 4.79 Å². The molecule has 2 saturated carbocycles. The summed E-state index contributed by atoms with van der Waals surface area (Å²) in [4.78, 5) is 26.3. The first-order valence-electron chi connectivity index (χ1n) is 12.8. The van der Waals surface area contributed by atoms with E-state index in [9.17, 15) is 4.79 Å². The molecule has 1 saturated heterocycles. The molecule has 1 aromatic heterocycles. The Kier molecular flexibility index (Phi) is 7.16. The number of carbonyl (C=O) groups excluding carboxylic acids is 1. The van der Waals surface area contributed by atoms with Crippen LogP contribution in [-0.2, 0) is 0 Å². The minimum atomic E-state index is 0.0806. The standard InChI is InChI=1S/C27H35N7O/c1-33-13-15-34(16-14-33)26(35)20-9-11-23(12-10-20)30-27-29-18-22(8-7-19-5-6-19)25(32-27)31-24-4-2-3-21(24)17-28/h9-12,18-19,21,24H,2-6,13-17,28H2,1H3,(H2,29,30,31,32). The van der Waals surface area contributed by atoms with Crippen LogP contribution < -0.4 is 16.4 Å². The van der Waals surface area contributed by atoms with E-state index >= 15 is 0 Å². The molecule has 1 amide bonds. The molecule has 184 valence electrons. The van der Waals surface area contributed by atoms with Crippen LogP contribution >= 0.6 is 0 Å². The Balaban J connectivity index is 1.29.